The molecule has 3 aromatic carbocycles. The number of nitrogens with zero attached hydrogens (tertiary/aromatic N) is 1. The van der Waals surface area contributed by atoms with Crippen LogP contribution in [-0.4, -0.2) is 35.5 Å². The molecular formula is C21H18BrCl2N3O5S2. The molecule has 8 nitrogen and oxygen atoms in total. The van der Waals surface area contributed by atoms with Crippen molar-refractivity contribution >= 4 is 82.1 Å². The molecular weight excluding hydrogens is 589 g/mol. The highest BCUT2D eigenvalue weighted by Crippen LogP contribution is 2.28. The van der Waals surface area contributed by atoms with Gasteiger partial charge in [0.15, 0.2) is 0 Å². The number of hydrogen-bond donors (Lipinski definition) is 2. The van der Waals surface area contributed by atoms with Crippen molar-refractivity contribution < 1.29 is 21.6 Å². The maximum Gasteiger partial charge on any atom is 0.261 e. The van der Waals surface area contributed by atoms with Gasteiger partial charge in [-0.3, -0.25) is 13.8 Å². The molecule has 34 heavy (non-hydrogen) atoms. The maximum atomic E-state index is 12.6. The average Bonchev–Trinajstić information content (AvgIpc) is 2.75. The minimum atomic E-state index is -3.84. The van der Waals surface area contributed by atoms with Gasteiger partial charge in [0.1, 0.15) is 6.54 Å². The van der Waals surface area contributed by atoms with E-state index in [1.165, 1.54) is 42.5 Å². The van der Waals surface area contributed by atoms with Gasteiger partial charge in [-0.2, -0.15) is 0 Å². The van der Waals surface area contributed by atoms with Crippen molar-refractivity contribution in [1.82, 2.24) is 0 Å². The molecule has 0 atom stereocenters. The molecule has 0 aliphatic heterocycles. The highest BCUT2D eigenvalue weighted by molar-refractivity contribution is 9.10. The Hall–Kier alpha value is -2.31. The van der Waals surface area contributed by atoms with E-state index in [4.69, 9.17) is 23.2 Å². The van der Waals surface area contributed by atoms with Gasteiger partial charge in [0, 0.05) is 15.8 Å². The monoisotopic (exact) mass is 605 g/mol. The molecule has 13 heteroatoms. The summed E-state index contributed by atoms with van der Waals surface area (Å²) in [6.07, 6.45) is 0.959. The van der Waals surface area contributed by atoms with E-state index in [0.717, 1.165) is 15.0 Å². The summed E-state index contributed by atoms with van der Waals surface area (Å²) in [5.74, 6) is -0.639. The van der Waals surface area contributed by atoms with Crippen LogP contribution < -0.4 is 14.3 Å². The number of amides is 1. The molecule has 3 aromatic rings. The number of rotatable bonds is 8. The van der Waals surface area contributed by atoms with Crippen LogP contribution in [0.5, 0.6) is 0 Å². The number of carbonyl (C=O) groups is 1. The lowest BCUT2D eigenvalue weighted by atomic mass is 10.3. The van der Waals surface area contributed by atoms with Gasteiger partial charge >= 0.3 is 0 Å². The van der Waals surface area contributed by atoms with Gasteiger partial charge in [-0.05, 0) is 66.7 Å². The molecule has 0 unspecified atom stereocenters. The first kappa shape index (κ1) is 26.3. The van der Waals surface area contributed by atoms with Crippen molar-refractivity contribution in [1.29, 1.82) is 0 Å². The predicted octanol–water partition coefficient (Wildman–Crippen LogP) is 4.96. The molecule has 0 heterocycles. The summed E-state index contributed by atoms with van der Waals surface area (Å²) >= 11 is 15.1. The molecule has 0 fully saturated rings. The minimum Gasteiger partial charge on any atom is -0.325 e. The Morgan fingerprint density at radius 3 is 2.03 bits per heavy atom. The second-order valence-corrected chi connectivity index (χ2v) is 12.4. The average molecular weight is 607 g/mol. The van der Waals surface area contributed by atoms with Crippen molar-refractivity contribution in [3.8, 4) is 0 Å². The normalized spacial score (nSPS) is 11.6. The van der Waals surface area contributed by atoms with Crippen molar-refractivity contribution in [2.45, 2.75) is 4.90 Å². The summed E-state index contributed by atoms with van der Waals surface area (Å²) < 4.78 is 53.8. The van der Waals surface area contributed by atoms with E-state index >= 15 is 0 Å². The third-order valence-corrected chi connectivity index (χ3v) is 8.23. The number of sulfonamides is 2. The number of benzene rings is 3. The number of nitrogens with one attached hydrogen (secondary N) is 2. The van der Waals surface area contributed by atoms with Crippen LogP contribution in [0.1, 0.15) is 0 Å². The van der Waals surface area contributed by atoms with E-state index in [2.05, 4.69) is 26.0 Å². The maximum absolute atomic E-state index is 12.6. The van der Waals surface area contributed by atoms with E-state index < -0.39 is 32.5 Å². The molecule has 0 bridgehead atoms. The highest BCUT2D eigenvalue weighted by atomic mass is 79.9. The Kier molecular flexibility index (Phi) is 8.14. The Labute approximate surface area is 216 Å². The summed E-state index contributed by atoms with van der Waals surface area (Å²) in [6.45, 7) is -0.526. The molecule has 1 amide bonds. The second kappa shape index (κ2) is 10.5. The largest absolute Gasteiger partial charge is 0.325 e. The highest BCUT2D eigenvalue weighted by Gasteiger charge is 2.22. The van der Waals surface area contributed by atoms with Crippen LogP contribution in [0.4, 0.5) is 17.1 Å². The summed E-state index contributed by atoms with van der Waals surface area (Å²) in [6, 6.07) is 16.3. The zero-order chi connectivity index (χ0) is 25.1. The van der Waals surface area contributed by atoms with Crippen LogP contribution in [-0.2, 0) is 24.8 Å². The lowest BCUT2D eigenvalue weighted by Crippen LogP contribution is -2.37. The molecule has 0 aliphatic rings. The lowest BCUT2D eigenvalue weighted by Gasteiger charge is -2.22. The second-order valence-electron chi connectivity index (χ2n) is 7.05. The molecule has 0 saturated heterocycles. The van der Waals surface area contributed by atoms with Gasteiger partial charge in [-0.1, -0.05) is 39.1 Å². The first-order chi connectivity index (χ1) is 15.8. The molecule has 0 saturated carbocycles. The summed E-state index contributed by atoms with van der Waals surface area (Å²) in [5, 5.41) is 2.93. The predicted molar refractivity (Wildman–Crippen MR) is 139 cm³/mol. The minimum absolute atomic E-state index is 0.0120. The summed E-state index contributed by atoms with van der Waals surface area (Å²) in [4.78, 5) is 12.5. The third-order valence-electron chi connectivity index (χ3n) is 4.42. The van der Waals surface area contributed by atoms with Crippen molar-refractivity contribution in [2.75, 3.05) is 27.1 Å². The Morgan fingerprint density at radius 1 is 0.882 bits per heavy atom. The van der Waals surface area contributed by atoms with Crippen LogP contribution >= 0.6 is 39.1 Å². The zero-order valence-electron chi connectivity index (χ0n) is 17.5. The van der Waals surface area contributed by atoms with E-state index in [1.807, 2.05) is 0 Å². The quantitative estimate of drug-likeness (QED) is 0.376. The smallest absolute Gasteiger partial charge is 0.261 e. The van der Waals surface area contributed by atoms with Crippen molar-refractivity contribution in [2.24, 2.45) is 0 Å². The lowest BCUT2D eigenvalue weighted by molar-refractivity contribution is -0.114. The van der Waals surface area contributed by atoms with Gasteiger partial charge in [0.25, 0.3) is 10.0 Å². The standard InChI is InChI=1S/C21H18BrCl2N3O5S2/c1-33(29,30)27(17-8-11-19(23)20(24)12-17)13-21(28)25-15-6-9-18(10-7-15)34(31,32)26-16-4-2-14(22)3-5-16/h2-12,26H,13H2,1H3,(H,25,28). The fourth-order valence-corrected chi connectivity index (χ4v) is 5.28. The summed E-state index contributed by atoms with van der Waals surface area (Å²) in [7, 11) is -7.66. The van der Waals surface area contributed by atoms with E-state index in [9.17, 15) is 21.6 Å². The molecule has 0 aromatic heterocycles. The Bertz CT molecular complexity index is 1420. The molecule has 180 valence electrons. The van der Waals surface area contributed by atoms with Gasteiger partial charge in [-0.25, -0.2) is 16.8 Å². The number of anilines is 3. The summed E-state index contributed by atoms with van der Waals surface area (Å²) in [5.41, 5.74) is 0.853. The van der Waals surface area contributed by atoms with E-state index in [0.29, 0.717) is 5.69 Å². The van der Waals surface area contributed by atoms with Gasteiger partial charge < -0.3 is 5.32 Å². The van der Waals surface area contributed by atoms with Crippen LogP contribution in [0.15, 0.2) is 76.1 Å². The molecule has 0 radical (unpaired) electrons. The van der Waals surface area contributed by atoms with Crippen LogP contribution in [0.3, 0.4) is 0 Å². The van der Waals surface area contributed by atoms with E-state index in [-0.39, 0.29) is 26.3 Å². The topological polar surface area (TPSA) is 113 Å². The van der Waals surface area contributed by atoms with Gasteiger partial charge in [0.05, 0.1) is 26.9 Å². The Balaban J connectivity index is 1.71. The molecule has 0 spiro atoms. The van der Waals surface area contributed by atoms with Crippen LogP contribution in [0.25, 0.3) is 0 Å². The first-order valence-corrected chi connectivity index (χ1v) is 14.3. The molecule has 2 N–H and O–H groups in total. The SMILES string of the molecule is CS(=O)(=O)N(CC(=O)Nc1ccc(S(=O)(=O)Nc2ccc(Br)cc2)cc1)c1ccc(Cl)c(Cl)c1. The van der Waals surface area contributed by atoms with Crippen molar-refractivity contribution in [3.05, 3.63) is 81.2 Å². The zero-order valence-corrected chi connectivity index (χ0v) is 22.2. The third kappa shape index (κ3) is 6.86. The fourth-order valence-electron chi connectivity index (χ4n) is 2.82. The fraction of sp³-hybridized carbons (Fsp3) is 0.0952. The number of carbonyl (C=O) groups excluding carboxylic acids is 1. The Morgan fingerprint density at radius 2 is 1.47 bits per heavy atom. The van der Waals surface area contributed by atoms with Crippen LogP contribution in [0.2, 0.25) is 10.0 Å². The van der Waals surface area contributed by atoms with Gasteiger partial charge in [0.2, 0.25) is 15.9 Å². The van der Waals surface area contributed by atoms with Crippen LogP contribution in [0, 0.1) is 0 Å². The van der Waals surface area contributed by atoms with Gasteiger partial charge in [-0.15, -0.1) is 0 Å². The molecule has 0 aliphatic carbocycles. The number of hydrogen-bond acceptors (Lipinski definition) is 5. The van der Waals surface area contributed by atoms with E-state index in [1.54, 1.807) is 24.3 Å². The number of halogens is 3. The van der Waals surface area contributed by atoms with Crippen molar-refractivity contribution in [3.63, 3.8) is 0 Å². The molecule has 3 rings (SSSR count). The first-order valence-electron chi connectivity index (χ1n) is 9.46.